The van der Waals surface area contributed by atoms with Crippen LogP contribution in [-0.2, 0) is 6.42 Å². The van der Waals surface area contributed by atoms with Crippen molar-refractivity contribution in [3.05, 3.63) is 23.3 Å². The van der Waals surface area contributed by atoms with Gasteiger partial charge in [-0.15, -0.1) is 0 Å². The first-order valence-corrected chi connectivity index (χ1v) is 7.50. The molecule has 3 aromatic heterocycles. The van der Waals surface area contributed by atoms with Crippen LogP contribution in [0.2, 0.25) is 0 Å². The van der Waals surface area contributed by atoms with Gasteiger partial charge in [0.1, 0.15) is 17.8 Å². The number of nitrogen functional groups attached to an aromatic ring is 2. The Balaban J connectivity index is 1.95. The van der Waals surface area contributed by atoms with Crippen molar-refractivity contribution in [2.75, 3.05) is 11.5 Å². The summed E-state index contributed by atoms with van der Waals surface area (Å²) < 4.78 is 7.16. The number of rotatable bonds is 2. The van der Waals surface area contributed by atoms with Crippen molar-refractivity contribution in [3.8, 4) is 0 Å². The molecule has 3 heterocycles. The van der Waals surface area contributed by atoms with Crippen molar-refractivity contribution in [3.63, 3.8) is 0 Å². The highest BCUT2D eigenvalue weighted by Gasteiger charge is 2.24. The molecule has 0 radical (unpaired) electrons. The first kappa shape index (κ1) is 13.7. The van der Waals surface area contributed by atoms with Crippen molar-refractivity contribution in [1.82, 2.24) is 24.9 Å². The van der Waals surface area contributed by atoms with Gasteiger partial charge in [0.15, 0.2) is 17.2 Å². The Bertz CT molecular complexity index is 935. The van der Waals surface area contributed by atoms with Gasteiger partial charge in [-0.3, -0.25) is 0 Å². The maximum absolute atomic E-state index is 6.09. The zero-order valence-corrected chi connectivity index (χ0v) is 12.9. The topological polar surface area (TPSA) is 122 Å². The van der Waals surface area contributed by atoms with Gasteiger partial charge in [0.2, 0.25) is 0 Å². The van der Waals surface area contributed by atoms with E-state index in [0.717, 1.165) is 40.7 Å². The third kappa shape index (κ3) is 1.98. The SMILES string of the molecule is CC(C)n1nc(C2=Cc3onc(N)c3CC2)c2c(N)ncnc21. The maximum Gasteiger partial charge on any atom is 0.170 e. The van der Waals surface area contributed by atoms with Crippen LogP contribution in [-0.4, -0.2) is 24.9 Å². The molecule has 23 heavy (non-hydrogen) atoms. The molecule has 0 saturated carbocycles. The summed E-state index contributed by atoms with van der Waals surface area (Å²) >= 11 is 0. The summed E-state index contributed by atoms with van der Waals surface area (Å²) in [7, 11) is 0. The number of aromatic nitrogens is 5. The molecular formula is C15H17N7O. The molecule has 8 heteroatoms. The first-order valence-electron chi connectivity index (χ1n) is 7.50. The van der Waals surface area contributed by atoms with E-state index in [0.29, 0.717) is 17.4 Å². The number of hydrogen-bond acceptors (Lipinski definition) is 7. The van der Waals surface area contributed by atoms with E-state index in [1.807, 2.05) is 10.8 Å². The van der Waals surface area contributed by atoms with Crippen LogP contribution < -0.4 is 11.5 Å². The van der Waals surface area contributed by atoms with Gasteiger partial charge in [0.25, 0.3) is 0 Å². The van der Waals surface area contributed by atoms with Crippen LogP contribution in [0.25, 0.3) is 22.7 Å². The minimum atomic E-state index is 0.168. The van der Waals surface area contributed by atoms with Gasteiger partial charge < -0.3 is 16.0 Å². The van der Waals surface area contributed by atoms with Gasteiger partial charge >= 0.3 is 0 Å². The lowest BCUT2D eigenvalue weighted by molar-refractivity contribution is 0.414. The lowest BCUT2D eigenvalue weighted by Crippen LogP contribution is -2.05. The lowest BCUT2D eigenvalue weighted by atomic mass is 9.94. The van der Waals surface area contributed by atoms with Crippen LogP contribution in [0.1, 0.15) is 43.3 Å². The zero-order chi connectivity index (χ0) is 16.1. The molecule has 0 spiro atoms. The number of nitrogens with zero attached hydrogens (tertiary/aromatic N) is 5. The molecule has 4 N–H and O–H groups in total. The average molecular weight is 311 g/mol. The van der Waals surface area contributed by atoms with Crippen molar-refractivity contribution in [2.45, 2.75) is 32.7 Å². The number of allylic oxidation sites excluding steroid dienone is 1. The second-order valence-electron chi connectivity index (χ2n) is 5.92. The highest BCUT2D eigenvalue weighted by atomic mass is 16.5. The van der Waals surface area contributed by atoms with E-state index in [-0.39, 0.29) is 6.04 Å². The smallest absolute Gasteiger partial charge is 0.170 e. The van der Waals surface area contributed by atoms with Gasteiger partial charge in [0, 0.05) is 11.6 Å². The average Bonchev–Trinajstić information content (AvgIpc) is 3.09. The van der Waals surface area contributed by atoms with Gasteiger partial charge in [0.05, 0.1) is 5.39 Å². The third-order valence-electron chi connectivity index (χ3n) is 4.11. The molecule has 4 rings (SSSR count). The second kappa shape index (κ2) is 4.80. The fraction of sp³-hybridized carbons (Fsp3) is 0.333. The minimum absolute atomic E-state index is 0.168. The highest BCUT2D eigenvalue weighted by Crippen LogP contribution is 2.36. The molecule has 0 amide bonds. The number of fused-ring (bicyclic) bond motifs is 2. The predicted octanol–water partition coefficient (Wildman–Crippen LogP) is 2.05. The normalized spacial score (nSPS) is 14.3. The fourth-order valence-electron chi connectivity index (χ4n) is 2.96. The van der Waals surface area contributed by atoms with E-state index < -0.39 is 0 Å². The number of anilines is 2. The summed E-state index contributed by atoms with van der Waals surface area (Å²) in [5.74, 6) is 1.57. The van der Waals surface area contributed by atoms with Gasteiger partial charge in [-0.1, -0.05) is 5.16 Å². The summed E-state index contributed by atoms with van der Waals surface area (Å²) in [5, 5.41) is 9.33. The number of hydrogen-bond donors (Lipinski definition) is 2. The largest absolute Gasteiger partial charge is 0.383 e. The Labute approximate surface area is 132 Å². The van der Waals surface area contributed by atoms with Crippen LogP contribution in [0.15, 0.2) is 10.9 Å². The Morgan fingerprint density at radius 1 is 1.17 bits per heavy atom. The monoisotopic (exact) mass is 311 g/mol. The minimum Gasteiger partial charge on any atom is -0.383 e. The Hall–Kier alpha value is -2.90. The van der Waals surface area contributed by atoms with Crippen molar-refractivity contribution in [2.24, 2.45) is 0 Å². The second-order valence-corrected chi connectivity index (χ2v) is 5.92. The first-order chi connectivity index (χ1) is 11.1. The van der Waals surface area contributed by atoms with Gasteiger partial charge in [-0.05, 0) is 38.3 Å². The van der Waals surface area contributed by atoms with E-state index in [9.17, 15) is 0 Å². The molecule has 0 saturated heterocycles. The summed E-state index contributed by atoms with van der Waals surface area (Å²) in [6.45, 7) is 4.11. The van der Waals surface area contributed by atoms with Crippen LogP contribution in [0, 0.1) is 0 Å². The van der Waals surface area contributed by atoms with E-state index in [1.165, 1.54) is 6.33 Å². The van der Waals surface area contributed by atoms with Crippen molar-refractivity contribution >= 4 is 34.3 Å². The molecule has 8 nitrogen and oxygen atoms in total. The van der Waals surface area contributed by atoms with E-state index in [4.69, 9.17) is 21.1 Å². The molecule has 0 fully saturated rings. The van der Waals surface area contributed by atoms with Crippen LogP contribution in [0.3, 0.4) is 0 Å². The van der Waals surface area contributed by atoms with Crippen molar-refractivity contribution in [1.29, 1.82) is 0 Å². The Kier molecular flexibility index (Phi) is 2.87. The number of nitrogens with two attached hydrogens (primary N) is 2. The molecule has 118 valence electrons. The van der Waals surface area contributed by atoms with Crippen LogP contribution in [0.5, 0.6) is 0 Å². The van der Waals surface area contributed by atoms with E-state index >= 15 is 0 Å². The summed E-state index contributed by atoms with van der Waals surface area (Å²) in [6.07, 6.45) is 4.95. The highest BCUT2D eigenvalue weighted by molar-refractivity contribution is 5.99. The zero-order valence-electron chi connectivity index (χ0n) is 12.9. The quantitative estimate of drug-likeness (QED) is 0.742. The fourth-order valence-corrected chi connectivity index (χ4v) is 2.96. The molecule has 0 aromatic carbocycles. The third-order valence-corrected chi connectivity index (χ3v) is 4.11. The van der Waals surface area contributed by atoms with Crippen LogP contribution >= 0.6 is 0 Å². The van der Waals surface area contributed by atoms with Crippen molar-refractivity contribution < 1.29 is 4.52 Å². The van der Waals surface area contributed by atoms with Crippen LogP contribution in [0.4, 0.5) is 11.6 Å². The Morgan fingerprint density at radius 2 is 2.00 bits per heavy atom. The molecule has 0 aliphatic heterocycles. The lowest BCUT2D eigenvalue weighted by Gasteiger charge is -2.10. The molecule has 1 aliphatic carbocycles. The molecular weight excluding hydrogens is 294 g/mol. The van der Waals surface area contributed by atoms with E-state index in [1.54, 1.807) is 0 Å². The predicted molar refractivity (Wildman–Crippen MR) is 87.2 cm³/mol. The summed E-state index contributed by atoms with van der Waals surface area (Å²) in [6, 6.07) is 0.168. The van der Waals surface area contributed by atoms with Gasteiger partial charge in [-0.2, -0.15) is 5.10 Å². The Morgan fingerprint density at radius 3 is 2.78 bits per heavy atom. The summed E-state index contributed by atoms with van der Waals surface area (Å²) in [5.41, 5.74) is 15.4. The molecule has 0 bridgehead atoms. The molecule has 0 atom stereocenters. The van der Waals surface area contributed by atoms with Gasteiger partial charge in [-0.25, -0.2) is 14.6 Å². The molecule has 0 unspecified atom stereocenters. The standard InChI is InChI=1S/C15H17N7O/c1-7(2)22-15-11(14(17)18-6-19-15)12(20-22)8-3-4-9-10(5-8)23-21-13(9)16/h5-7H,3-4H2,1-2H3,(H2,16,21)(H2,17,18,19). The molecule has 3 aromatic rings. The molecule has 1 aliphatic rings. The summed E-state index contributed by atoms with van der Waals surface area (Å²) in [4.78, 5) is 8.47. The van der Waals surface area contributed by atoms with E-state index in [2.05, 4.69) is 29.0 Å². The maximum atomic E-state index is 6.09.